The van der Waals surface area contributed by atoms with Crippen molar-refractivity contribution in [1.82, 2.24) is 0 Å². The molecule has 0 saturated carbocycles. The van der Waals surface area contributed by atoms with Crippen LogP contribution in [0, 0.1) is 0 Å². The maximum atomic E-state index is 12.6. The van der Waals surface area contributed by atoms with Crippen molar-refractivity contribution >= 4 is 11.7 Å². The number of anilines is 1. The van der Waals surface area contributed by atoms with Crippen molar-refractivity contribution < 1.29 is 36.2 Å². The fourth-order valence-electron chi connectivity index (χ4n) is 2.04. The molecule has 0 fully saturated rings. The van der Waals surface area contributed by atoms with E-state index in [0.29, 0.717) is 23.3 Å². The smallest absolute Gasteiger partial charge is 0.478 e. The first-order valence-corrected chi connectivity index (χ1v) is 6.38. The third-order valence-corrected chi connectivity index (χ3v) is 3.10. The lowest BCUT2D eigenvalue weighted by atomic mass is 10.0. The van der Waals surface area contributed by atoms with Crippen molar-refractivity contribution in [2.45, 2.75) is 12.6 Å². The summed E-state index contributed by atoms with van der Waals surface area (Å²) >= 11 is 0. The number of rotatable bonds is 3. The molecule has 128 valence electrons. The van der Waals surface area contributed by atoms with Crippen molar-refractivity contribution in [3.63, 3.8) is 0 Å². The van der Waals surface area contributed by atoms with Gasteiger partial charge in [-0.1, -0.05) is 24.3 Å². The van der Waals surface area contributed by atoms with Crippen LogP contribution in [0.25, 0.3) is 11.1 Å². The van der Waals surface area contributed by atoms with E-state index in [1.54, 1.807) is 0 Å². The van der Waals surface area contributed by atoms with Gasteiger partial charge in [0.1, 0.15) is 0 Å². The Labute approximate surface area is 131 Å². The molecule has 0 amide bonds. The number of hydrogen-bond acceptors (Lipinski definition) is 2. The molecule has 0 aliphatic heterocycles. The topological polar surface area (TPSA) is 40.5 Å². The number of hydrogen-bond donors (Lipinski definition) is 1. The molecule has 0 radical (unpaired) electrons. The third kappa shape index (κ3) is 3.79. The van der Waals surface area contributed by atoms with Crippen LogP contribution in [0.5, 0.6) is 0 Å². The summed E-state index contributed by atoms with van der Waals surface area (Å²) in [6.07, 6.45) is -11.2. The maximum Gasteiger partial charge on any atom is 0.491 e. The molecule has 0 aliphatic rings. The largest absolute Gasteiger partial charge is 0.491 e. The van der Waals surface area contributed by atoms with Crippen molar-refractivity contribution in [3.05, 3.63) is 54.1 Å². The molecule has 2 aromatic rings. The fourth-order valence-corrected chi connectivity index (χ4v) is 2.04. The Morgan fingerprint density at radius 3 is 1.46 bits per heavy atom. The van der Waals surface area contributed by atoms with Gasteiger partial charge in [-0.2, -0.15) is 4.90 Å². The van der Waals surface area contributed by atoms with E-state index in [1.807, 2.05) is 0 Å². The van der Waals surface area contributed by atoms with Crippen LogP contribution in [0.3, 0.4) is 0 Å². The van der Waals surface area contributed by atoms with Gasteiger partial charge in [-0.3, -0.25) is 0 Å². The Bertz CT molecular complexity index is 706. The molecule has 0 unspecified atom stereocenters. The van der Waals surface area contributed by atoms with Crippen LogP contribution >= 0.6 is 0 Å². The van der Waals surface area contributed by atoms with Gasteiger partial charge in [0, 0.05) is 0 Å². The third-order valence-electron chi connectivity index (χ3n) is 3.10. The first-order valence-electron chi connectivity index (χ1n) is 6.38. The molecule has 0 saturated heterocycles. The monoisotopic (exact) mass is 349 g/mol. The molecular weight excluding hydrogens is 340 g/mol. The number of carboxylic acid groups (broad SMARTS) is 1. The lowest BCUT2D eigenvalue weighted by Crippen LogP contribution is -2.48. The molecule has 24 heavy (non-hydrogen) atoms. The second-order valence-electron chi connectivity index (χ2n) is 4.70. The summed E-state index contributed by atoms with van der Waals surface area (Å²) < 4.78 is 75.6. The SMILES string of the molecule is O=C(O)c1ccc(-c2ccc(N(C(F)(F)F)C(F)(F)F)cc2)cc1. The van der Waals surface area contributed by atoms with Crippen molar-refractivity contribution in [2.24, 2.45) is 0 Å². The van der Waals surface area contributed by atoms with E-state index in [4.69, 9.17) is 5.11 Å². The Balaban J connectivity index is 2.34. The molecule has 9 heteroatoms. The zero-order valence-corrected chi connectivity index (χ0v) is 11.7. The molecule has 0 heterocycles. The lowest BCUT2D eigenvalue weighted by molar-refractivity contribution is -0.226. The Kier molecular flexibility index (Phi) is 4.46. The van der Waals surface area contributed by atoms with Crippen LogP contribution in [0.4, 0.5) is 32.0 Å². The average molecular weight is 349 g/mol. The average Bonchev–Trinajstić information content (AvgIpc) is 2.45. The normalized spacial score (nSPS) is 12.1. The van der Waals surface area contributed by atoms with Crippen LogP contribution in [0.2, 0.25) is 0 Å². The maximum absolute atomic E-state index is 12.6. The molecule has 0 aromatic heterocycles. The van der Waals surface area contributed by atoms with E-state index in [9.17, 15) is 31.1 Å². The van der Waals surface area contributed by atoms with Crippen LogP contribution in [-0.4, -0.2) is 23.7 Å². The highest BCUT2D eigenvalue weighted by Gasteiger charge is 2.53. The van der Waals surface area contributed by atoms with Crippen molar-refractivity contribution in [1.29, 1.82) is 0 Å². The number of benzene rings is 2. The fraction of sp³-hybridized carbons (Fsp3) is 0.133. The summed E-state index contributed by atoms with van der Waals surface area (Å²) in [4.78, 5) is 9.15. The highest BCUT2D eigenvalue weighted by Crippen LogP contribution is 2.38. The highest BCUT2D eigenvalue weighted by molar-refractivity contribution is 5.88. The van der Waals surface area contributed by atoms with Gasteiger partial charge < -0.3 is 5.11 Å². The molecular formula is C15H9F6NO2. The number of nitrogens with zero attached hydrogens (tertiary/aromatic N) is 1. The van der Waals surface area contributed by atoms with Gasteiger partial charge in [-0.25, -0.2) is 4.79 Å². The van der Waals surface area contributed by atoms with Crippen LogP contribution in [0.15, 0.2) is 48.5 Å². The van der Waals surface area contributed by atoms with E-state index in [-0.39, 0.29) is 5.56 Å². The van der Waals surface area contributed by atoms with Crippen LogP contribution in [0.1, 0.15) is 10.4 Å². The zero-order valence-electron chi connectivity index (χ0n) is 11.7. The molecule has 2 aromatic carbocycles. The van der Waals surface area contributed by atoms with E-state index < -0.39 is 29.2 Å². The summed E-state index contributed by atoms with van der Waals surface area (Å²) in [5, 5.41) is 8.78. The second kappa shape index (κ2) is 6.06. The number of halogens is 6. The van der Waals surface area contributed by atoms with Gasteiger partial charge in [0.15, 0.2) is 0 Å². The summed E-state index contributed by atoms with van der Waals surface area (Å²) in [7, 11) is 0. The Morgan fingerprint density at radius 2 is 1.12 bits per heavy atom. The predicted octanol–water partition coefficient (Wildman–Crippen LogP) is 4.90. The Hall–Kier alpha value is -2.71. The van der Waals surface area contributed by atoms with E-state index in [2.05, 4.69) is 0 Å². The summed E-state index contributed by atoms with van der Waals surface area (Å²) in [5.74, 6) is -1.15. The van der Waals surface area contributed by atoms with Gasteiger partial charge in [0.05, 0.1) is 11.3 Å². The highest BCUT2D eigenvalue weighted by atomic mass is 19.4. The molecule has 1 N–H and O–H groups in total. The zero-order chi connectivity index (χ0) is 18.1. The van der Waals surface area contributed by atoms with Gasteiger partial charge in [-0.15, -0.1) is 26.3 Å². The van der Waals surface area contributed by atoms with Gasteiger partial charge in [-0.05, 0) is 35.4 Å². The van der Waals surface area contributed by atoms with Crippen LogP contribution in [-0.2, 0) is 0 Å². The number of carboxylic acids is 1. The number of aromatic carboxylic acids is 1. The standard InChI is InChI=1S/C15H9F6NO2/c16-14(17,18)22(15(19,20)21)12-7-5-10(6-8-12)9-1-3-11(4-2-9)13(23)24/h1-8H,(H,23,24). The summed E-state index contributed by atoms with van der Waals surface area (Å²) in [6, 6.07) is 8.95. The van der Waals surface area contributed by atoms with E-state index in [0.717, 1.165) is 12.1 Å². The van der Waals surface area contributed by atoms with Crippen molar-refractivity contribution in [2.75, 3.05) is 4.90 Å². The first kappa shape index (κ1) is 17.6. The molecule has 0 atom stereocenters. The molecule has 0 aliphatic carbocycles. The van der Waals surface area contributed by atoms with Gasteiger partial charge in [0.2, 0.25) is 0 Å². The van der Waals surface area contributed by atoms with Crippen molar-refractivity contribution in [3.8, 4) is 11.1 Å². The van der Waals surface area contributed by atoms with Crippen LogP contribution < -0.4 is 4.90 Å². The first-order chi connectivity index (χ1) is 11.0. The summed E-state index contributed by atoms with van der Waals surface area (Å²) in [6.45, 7) is 0. The van der Waals surface area contributed by atoms with Gasteiger partial charge >= 0.3 is 18.6 Å². The van der Waals surface area contributed by atoms with Gasteiger partial charge in [0.25, 0.3) is 0 Å². The molecule has 2 rings (SSSR count). The molecule has 0 spiro atoms. The lowest BCUT2D eigenvalue weighted by Gasteiger charge is -2.28. The van der Waals surface area contributed by atoms with E-state index in [1.165, 1.54) is 24.3 Å². The predicted molar refractivity (Wildman–Crippen MR) is 73.4 cm³/mol. The Morgan fingerprint density at radius 1 is 0.750 bits per heavy atom. The molecule has 3 nitrogen and oxygen atoms in total. The number of alkyl halides is 6. The minimum absolute atomic E-state index is 0.00990. The number of carbonyl (C=O) groups is 1. The quantitative estimate of drug-likeness (QED) is 0.633. The minimum atomic E-state index is -5.61. The minimum Gasteiger partial charge on any atom is -0.478 e. The molecule has 0 bridgehead atoms. The second-order valence-corrected chi connectivity index (χ2v) is 4.70. The van der Waals surface area contributed by atoms with E-state index >= 15 is 0 Å². The summed E-state index contributed by atoms with van der Waals surface area (Å²) in [5.41, 5.74) is -0.256.